The van der Waals surface area contributed by atoms with Crippen molar-refractivity contribution in [2.24, 2.45) is 5.73 Å². The predicted molar refractivity (Wildman–Crippen MR) is 54.3 cm³/mol. The summed E-state index contributed by atoms with van der Waals surface area (Å²) in [7, 11) is 1.86. The minimum absolute atomic E-state index is 0.0977. The molecule has 0 bridgehead atoms. The molecule has 0 aliphatic rings. The minimum Gasteiger partial charge on any atom is -0.361 e. The van der Waals surface area contributed by atoms with Gasteiger partial charge in [0.2, 0.25) is 0 Å². The number of hydrogen-bond donors (Lipinski definition) is 3. The normalized spacial score (nSPS) is 13.4. The quantitative estimate of drug-likeness (QED) is 0.603. The van der Waals surface area contributed by atoms with Crippen LogP contribution in [0.25, 0.3) is 10.9 Å². The summed E-state index contributed by atoms with van der Waals surface area (Å²) in [5, 5.41) is 4.21. The fraction of sp³-hybridized carbons (Fsp3) is 0.200. The molecule has 3 nitrogen and oxygen atoms in total. The number of aromatic amines is 1. The smallest absolute Gasteiger partial charge is 0.0814 e. The summed E-state index contributed by atoms with van der Waals surface area (Å²) in [5.41, 5.74) is 8.15. The highest BCUT2D eigenvalue weighted by Crippen LogP contribution is 2.20. The van der Waals surface area contributed by atoms with Crippen LogP contribution in [0.2, 0.25) is 0 Å². The van der Waals surface area contributed by atoms with Crippen molar-refractivity contribution in [3.63, 3.8) is 0 Å². The first-order chi connectivity index (χ1) is 6.33. The summed E-state index contributed by atoms with van der Waals surface area (Å²) in [6.45, 7) is 0. The lowest BCUT2D eigenvalue weighted by Crippen LogP contribution is -2.24. The van der Waals surface area contributed by atoms with E-state index in [0.717, 1.165) is 11.1 Å². The molecular weight excluding hydrogens is 162 g/mol. The van der Waals surface area contributed by atoms with Gasteiger partial charge in [-0.05, 0) is 24.7 Å². The molecule has 68 valence electrons. The summed E-state index contributed by atoms with van der Waals surface area (Å²) in [6, 6.07) is 8.13. The van der Waals surface area contributed by atoms with Crippen molar-refractivity contribution in [1.29, 1.82) is 0 Å². The SMILES string of the molecule is CNC(N)c1cccc2[nH]ccc12. The molecule has 13 heavy (non-hydrogen) atoms. The summed E-state index contributed by atoms with van der Waals surface area (Å²) in [6.07, 6.45) is 1.83. The highest BCUT2D eigenvalue weighted by atomic mass is 15.0. The Hall–Kier alpha value is -1.32. The molecule has 1 heterocycles. The maximum Gasteiger partial charge on any atom is 0.0814 e. The van der Waals surface area contributed by atoms with Crippen LogP contribution in [0.15, 0.2) is 30.5 Å². The van der Waals surface area contributed by atoms with Crippen molar-refractivity contribution in [3.8, 4) is 0 Å². The second kappa shape index (κ2) is 3.20. The van der Waals surface area contributed by atoms with E-state index < -0.39 is 0 Å². The summed E-state index contributed by atoms with van der Waals surface area (Å²) in [4.78, 5) is 3.16. The van der Waals surface area contributed by atoms with Gasteiger partial charge in [-0.3, -0.25) is 0 Å². The Labute approximate surface area is 76.9 Å². The minimum atomic E-state index is -0.0977. The molecule has 0 saturated carbocycles. The fourth-order valence-corrected chi connectivity index (χ4v) is 1.54. The Balaban J connectivity index is 2.60. The third kappa shape index (κ3) is 1.32. The highest BCUT2D eigenvalue weighted by molar-refractivity contribution is 5.83. The van der Waals surface area contributed by atoms with Gasteiger partial charge in [0.25, 0.3) is 0 Å². The Morgan fingerprint density at radius 3 is 3.00 bits per heavy atom. The lowest BCUT2D eigenvalue weighted by atomic mass is 10.1. The average molecular weight is 175 g/mol. The van der Waals surface area contributed by atoms with Crippen LogP contribution in [0.4, 0.5) is 0 Å². The summed E-state index contributed by atoms with van der Waals surface area (Å²) in [5.74, 6) is 0. The van der Waals surface area contributed by atoms with E-state index in [1.165, 1.54) is 5.39 Å². The molecule has 0 spiro atoms. The number of nitrogens with two attached hydrogens (primary N) is 1. The molecule has 1 unspecified atom stereocenters. The van der Waals surface area contributed by atoms with E-state index in [-0.39, 0.29) is 6.17 Å². The van der Waals surface area contributed by atoms with Gasteiger partial charge < -0.3 is 16.0 Å². The fourth-order valence-electron chi connectivity index (χ4n) is 1.54. The van der Waals surface area contributed by atoms with Crippen LogP contribution in [0.1, 0.15) is 11.7 Å². The van der Waals surface area contributed by atoms with Crippen LogP contribution in [0.3, 0.4) is 0 Å². The third-order valence-corrected chi connectivity index (χ3v) is 2.27. The van der Waals surface area contributed by atoms with Crippen molar-refractivity contribution in [1.82, 2.24) is 10.3 Å². The number of nitrogens with one attached hydrogen (secondary N) is 2. The van der Waals surface area contributed by atoms with Crippen LogP contribution >= 0.6 is 0 Å². The molecule has 0 radical (unpaired) electrons. The van der Waals surface area contributed by atoms with Gasteiger partial charge >= 0.3 is 0 Å². The Bertz CT molecular complexity index is 405. The molecule has 1 atom stereocenters. The zero-order valence-corrected chi connectivity index (χ0v) is 7.54. The van der Waals surface area contributed by atoms with E-state index in [9.17, 15) is 0 Å². The van der Waals surface area contributed by atoms with Crippen molar-refractivity contribution >= 4 is 10.9 Å². The molecule has 0 saturated heterocycles. The van der Waals surface area contributed by atoms with E-state index >= 15 is 0 Å². The van der Waals surface area contributed by atoms with Gasteiger partial charge in [0.05, 0.1) is 6.17 Å². The third-order valence-electron chi connectivity index (χ3n) is 2.27. The molecule has 2 rings (SSSR count). The molecule has 2 aromatic rings. The van der Waals surface area contributed by atoms with Gasteiger partial charge in [-0.2, -0.15) is 0 Å². The van der Waals surface area contributed by atoms with Gasteiger partial charge in [-0.1, -0.05) is 12.1 Å². The number of hydrogen-bond acceptors (Lipinski definition) is 2. The zero-order valence-electron chi connectivity index (χ0n) is 7.54. The van der Waals surface area contributed by atoms with Crippen LogP contribution in [0.5, 0.6) is 0 Å². The maximum atomic E-state index is 5.89. The van der Waals surface area contributed by atoms with Crippen molar-refractivity contribution in [2.45, 2.75) is 6.17 Å². The molecule has 1 aromatic heterocycles. The van der Waals surface area contributed by atoms with E-state index in [1.54, 1.807) is 0 Å². The number of aromatic nitrogens is 1. The Morgan fingerprint density at radius 1 is 1.38 bits per heavy atom. The molecule has 0 aliphatic carbocycles. The van der Waals surface area contributed by atoms with E-state index in [1.807, 2.05) is 37.5 Å². The predicted octanol–water partition coefficient (Wildman–Crippen LogP) is 1.34. The van der Waals surface area contributed by atoms with Crippen LogP contribution in [-0.2, 0) is 0 Å². The number of fused-ring (bicyclic) bond motifs is 1. The zero-order chi connectivity index (χ0) is 9.26. The first-order valence-electron chi connectivity index (χ1n) is 4.32. The molecule has 3 heteroatoms. The topological polar surface area (TPSA) is 53.8 Å². The van der Waals surface area contributed by atoms with E-state index in [4.69, 9.17) is 5.73 Å². The molecule has 4 N–H and O–H groups in total. The van der Waals surface area contributed by atoms with Gasteiger partial charge in [-0.15, -0.1) is 0 Å². The Morgan fingerprint density at radius 2 is 2.23 bits per heavy atom. The molecule has 0 fully saturated rings. The lowest BCUT2D eigenvalue weighted by molar-refractivity contribution is 0.627. The molecule has 1 aromatic carbocycles. The Kier molecular flexibility index (Phi) is 2.04. The molecular formula is C10H13N3. The van der Waals surface area contributed by atoms with E-state index in [2.05, 4.69) is 10.3 Å². The number of benzene rings is 1. The first-order valence-corrected chi connectivity index (χ1v) is 4.32. The van der Waals surface area contributed by atoms with Gasteiger partial charge in [0.15, 0.2) is 0 Å². The maximum absolute atomic E-state index is 5.89. The summed E-state index contributed by atoms with van der Waals surface area (Å²) >= 11 is 0. The monoisotopic (exact) mass is 175 g/mol. The van der Waals surface area contributed by atoms with Crippen molar-refractivity contribution < 1.29 is 0 Å². The van der Waals surface area contributed by atoms with Crippen LogP contribution < -0.4 is 11.1 Å². The number of rotatable bonds is 2. The average Bonchev–Trinajstić information content (AvgIpc) is 2.63. The van der Waals surface area contributed by atoms with Gasteiger partial charge in [-0.25, -0.2) is 0 Å². The second-order valence-electron chi connectivity index (χ2n) is 3.05. The van der Waals surface area contributed by atoms with Gasteiger partial charge in [0.1, 0.15) is 0 Å². The molecule has 0 amide bonds. The first kappa shape index (κ1) is 8.29. The van der Waals surface area contributed by atoms with Crippen molar-refractivity contribution in [2.75, 3.05) is 7.05 Å². The van der Waals surface area contributed by atoms with Crippen LogP contribution in [-0.4, -0.2) is 12.0 Å². The second-order valence-corrected chi connectivity index (χ2v) is 3.05. The van der Waals surface area contributed by atoms with Crippen LogP contribution in [0, 0.1) is 0 Å². The number of H-pyrrole nitrogens is 1. The molecule has 0 aliphatic heterocycles. The van der Waals surface area contributed by atoms with Crippen molar-refractivity contribution in [3.05, 3.63) is 36.0 Å². The van der Waals surface area contributed by atoms with Gasteiger partial charge in [0, 0.05) is 17.1 Å². The largest absolute Gasteiger partial charge is 0.361 e. The summed E-state index contributed by atoms with van der Waals surface area (Å²) < 4.78 is 0. The highest BCUT2D eigenvalue weighted by Gasteiger charge is 2.06. The standard InChI is InChI=1S/C10H13N3/c1-12-10(11)8-3-2-4-9-7(8)5-6-13-9/h2-6,10,12-13H,11H2,1H3. The lowest BCUT2D eigenvalue weighted by Gasteiger charge is -2.11. The van der Waals surface area contributed by atoms with E-state index in [0.29, 0.717) is 0 Å².